The third kappa shape index (κ3) is 5.08. The van der Waals surface area contributed by atoms with Gasteiger partial charge < -0.3 is 14.4 Å². The molecule has 1 N–H and O–H groups in total. The van der Waals surface area contributed by atoms with Crippen LogP contribution < -0.4 is 10.3 Å². The van der Waals surface area contributed by atoms with E-state index in [2.05, 4.69) is 5.10 Å². The number of nitrogens with zero attached hydrogens (tertiary/aromatic N) is 3. The molecule has 2 heterocycles. The summed E-state index contributed by atoms with van der Waals surface area (Å²) in [6.45, 7) is 7.00. The number of hydrogen-bond acceptors (Lipinski definition) is 4. The van der Waals surface area contributed by atoms with E-state index < -0.39 is 0 Å². The van der Waals surface area contributed by atoms with E-state index in [1.165, 1.54) is 0 Å². The van der Waals surface area contributed by atoms with E-state index >= 15 is 0 Å². The molecule has 154 valence electrons. The Morgan fingerprint density at radius 3 is 2.69 bits per heavy atom. The molecule has 2 aromatic heterocycles. The van der Waals surface area contributed by atoms with Crippen LogP contribution in [-0.2, 0) is 6.54 Å². The zero-order chi connectivity index (χ0) is 21.0. The molecule has 3 aromatic rings. The highest BCUT2D eigenvalue weighted by Gasteiger charge is 2.18. The number of benzene rings is 1. The van der Waals surface area contributed by atoms with Gasteiger partial charge in [0, 0.05) is 41.5 Å². The third-order valence-electron chi connectivity index (χ3n) is 4.59. The Hall–Kier alpha value is -2.57. The molecule has 0 atom stereocenters. The highest BCUT2D eigenvalue weighted by atomic mass is 35.5. The highest BCUT2D eigenvalue weighted by molar-refractivity contribution is 6.33. The van der Waals surface area contributed by atoms with Crippen molar-refractivity contribution in [1.82, 2.24) is 14.3 Å². The summed E-state index contributed by atoms with van der Waals surface area (Å²) in [5, 5.41) is 14.3. The Morgan fingerprint density at radius 1 is 1.21 bits per heavy atom. The molecule has 0 saturated heterocycles. The molecule has 7 heteroatoms. The van der Waals surface area contributed by atoms with Gasteiger partial charge in [0.1, 0.15) is 5.75 Å². The van der Waals surface area contributed by atoms with E-state index in [9.17, 15) is 9.90 Å². The van der Waals surface area contributed by atoms with Crippen LogP contribution in [0.25, 0.3) is 16.8 Å². The number of hydrogen-bond donors (Lipinski definition) is 1. The Morgan fingerprint density at radius 2 is 2.00 bits per heavy atom. The minimum absolute atomic E-state index is 0.0222. The maximum absolute atomic E-state index is 11.9. The second-order valence-electron chi connectivity index (χ2n) is 7.85. The van der Waals surface area contributed by atoms with Gasteiger partial charge in [0.2, 0.25) is 0 Å². The van der Waals surface area contributed by atoms with Gasteiger partial charge in [0.25, 0.3) is 5.56 Å². The molecule has 0 aliphatic carbocycles. The van der Waals surface area contributed by atoms with Gasteiger partial charge in [-0.3, -0.25) is 4.79 Å². The molecule has 0 radical (unpaired) electrons. The molecular formula is C22H26ClN3O3. The smallest absolute Gasteiger partial charge is 0.250 e. The standard InChI is InChI=1S/C22H26ClN3O3/c1-4-9-25-13-17(5-8-21(25)28)26-12-16(11-24-26)19-7-6-18(10-20(19)23)29-15-22(2,3)14-27/h5-8,10-13,27H,4,9,14-15H2,1-3H3. The van der Waals surface area contributed by atoms with Gasteiger partial charge in [-0.05, 0) is 30.7 Å². The predicted molar refractivity (Wildman–Crippen MR) is 115 cm³/mol. The van der Waals surface area contributed by atoms with Crippen LogP contribution in [0.5, 0.6) is 5.75 Å². The molecule has 6 nitrogen and oxygen atoms in total. The number of aromatic nitrogens is 3. The number of aliphatic hydroxyl groups excluding tert-OH is 1. The fraction of sp³-hybridized carbons (Fsp3) is 0.364. The second kappa shape index (κ2) is 8.84. The van der Waals surface area contributed by atoms with Gasteiger partial charge >= 0.3 is 0 Å². The molecule has 0 aliphatic heterocycles. The first kappa shape index (κ1) is 21.1. The number of halogens is 1. The number of rotatable bonds is 8. The molecule has 3 rings (SSSR count). The fourth-order valence-corrected chi connectivity index (χ4v) is 3.10. The molecule has 29 heavy (non-hydrogen) atoms. The first-order valence-corrected chi connectivity index (χ1v) is 10.00. The van der Waals surface area contributed by atoms with Crippen molar-refractivity contribution >= 4 is 11.6 Å². The van der Waals surface area contributed by atoms with Crippen LogP contribution >= 0.6 is 11.6 Å². The Balaban J connectivity index is 1.82. The molecule has 0 aliphatic rings. The van der Waals surface area contributed by atoms with Gasteiger partial charge in [-0.15, -0.1) is 0 Å². The lowest BCUT2D eigenvalue weighted by Gasteiger charge is -2.21. The van der Waals surface area contributed by atoms with Crippen LogP contribution in [0.15, 0.2) is 53.7 Å². The second-order valence-corrected chi connectivity index (χ2v) is 8.25. The van der Waals surface area contributed by atoms with Gasteiger partial charge in [-0.25, -0.2) is 4.68 Å². The summed E-state index contributed by atoms with van der Waals surface area (Å²) in [5.41, 5.74) is 2.18. The van der Waals surface area contributed by atoms with Crippen LogP contribution in [0.2, 0.25) is 5.02 Å². The van der Waals surface area contributed by atoms with Crippen molar-refractivity contribution in [1.29, 1.82) is 0 Å². The summed E-state index contributed by atoms with van der Waals surface area (Å²) in [6, 6.07) is 8.82. The minimum atomic E-state index is -0.319. The maximum Gasteiger partial charge on any atom is 0.250 e. The fourth-order valence-electron chi connectivity index (χ4n) is 2.82. The normalized spacial score (nSPS) is 11.6. The maximum atomic E-state index is 11.9. The SMILES string of the molecule is CCCn1cc(-n2cc(-c3ccc(OCC(C)(C)CO)cc3Cl)cn2)ccc1=O. The topological polar surface area (TPSA) is 69.3 Å². The lowest BCUT2D eigenvalue weighted by Crippen LogP contribution is -2.25. The van der Waals surface area contributed by atoms with E-state index in [1.54, 1.807) is 33.6 Å². The van der Waals surface area contributed by atoms with Crippen LogP contribution in [0.3, 0.4) is 0 Å². The van der Waals surface area contributed by atoms with Gasteiger partial charge in [-0.2, -0.15) is 5.10 Å². The molecule has 0 spiro atoms. The molecule has 0 saturated carbocycles. The number of pyridine rings is 1. The lowest BCUT2D eigenvalue weighted by molar-refractivity contribution is 0.0976. The Labute approximate surface area is 175 Å². The van der Waals surface area contributed by atoms with Gasteiger partial charge in [0.05, 0.1) is 30.1 Å². The zero-order valence-electron chi connectivity index (χ0n) is 16.9. The number of ether oxygens (including phenoxy) is 1. The summed E-state index contributed by atoms with van der Waals surface area (Å²) in [5.74, 6) is 0.652. The number of aliphatic hydroxyl groups is 1. The molecule has 0 unspecified atom stereocenters. The average molecular weight is 416 g/mol. The summed E-state index contributed by atoms with van der Waals surface area (Å²) in [4.78, 5) is 11.9. The highest BCUT2D eigenvalue weighted by Crippen LogP contribution is 2.32. The van der Waals surface area contributed by atoms with E-state index in [-0.39, 0.29) is 17.6 Å². The first-order valence-electron chi connectivity index (χ1n) is 9.62. The first-order chi connectivity index (χ1) is 13.8. The summed E-state index contributed by atoms with van der Waals surface area (Å²) in [7, 11) is 0. The van der Waals surface area contributed by atoms with Crippen molar-refractivity contribution in [2.45, 2.75) is 33.7 Å². The zero-order valence-corrected chi connectivity index (χ0v) is 17.7. The van der Waals surface area contributed by atoms with Crippen LogP contribution in [0.1, 0.15) is 27.2 Å². The minimum Gasteiger partial charge on any atom is -0.493 e. The van der Waals surface area contributed by atoms with Gasteiger partial charge in [0.15, 0.2) is 0 Å². The van der Waals surface area contributed by atoms with Crippen molar-refractivity contribution in [3.8, 4) is 22.6 Å². The van der Waals surface area contributed by atoms with Crippen LogP contribution in [0.4, 0.5) is 0 Å². The van der Waals surface area contributed by atoms with E-state index in [1.807, 2.05) is 45.3 Å². The largest absolute Gasteiger partial charge is 0.493 e. The number of aryl methyl sites for hydroxylation is 1. The molecule has 0 fully saturated rings. The third-order valence-corrected chi connectivity index (χ3v) is 4.90. The average Bonchev–Trinajstić information content (AvgIpc) is 3.18. The Kier molecular flexibility index (Phi) is 6.45. The van der Waals surface area contributed by atoms with E-state index in [0.717, 1.165) is 23.2 Å². The lowest BCUT2D eigenvalue weighted by atomic mass is 9.96. The van der Waals surface area contributed by atoms with Crippen molar-refractivity contribution in [2.24, 2.45) is 5.41 Å². The quantitative estimate of drug-likeness (QED) is 0.599. The summed E-state index contributed by atoms with van der Waals surface area (Å²) >= 11 is 6.48. The molecular weight excluding hydrogens is 390 g/mol. The van der Waals surface area contributed by atoms with Crippen LogP contribution in [0, 0.1) is 5.41 Å². The van der Waals surface area contributed by atoms with E-state index in [0.29, 0.717) is 23.9 Å². The monoisotopic (exact) mass is 415 g/mol. The summed E-state index contributed by atoms with van der Waals surface area (Å²) in [6.07, 6.45) is 6.32. The molecule has 1 aromatic carbocycles. The van der Waals surface area contributed by atoms with Crippen LogP contribution in [-0.4, -0.2) is 32.7 Å². The molecule has 0 bridgehead atoms. The van der Waals surface area contributed by atoms with E-state index in [4.69, 9.17) is 16.3 Å². The van der Waals surface area contributed by atoms with Crippen molar-refractivity contribution in [3.05, 3.63) is 64.3 Å². The van der Waals surface area contributed by atoms with Crippen molar-refractivity contribution in [2.75, 3.05) is 13.2 Å². The van der Waals surface area contributed by atoms with Crippen molar-refractivity contribution in [3.63, 3.8) is 0 Å². The molecule has 0 amide bonds. The van der Waals surface area contributed by atoms with Gasteiger partial charge in [-0.1, -0.05) is 32.4 Å². The summed E-state index contributed by atoms with van der Waals surface area (Å²) < 4.78 is 9.17. The Bertz CT molecular complexity index is 1040. The van der Waals surface area contributed by atoms with Crippen molar-refractivity contribution < 1.29 is 9.84 Å². The predicted octanol–water partition coefficient (Wildman–Crippen LogP) is 4.16.